The van der Waals surface area contributed by atoms with E-state index >= 15 is 0 Å². The number of carbonyl (C=O) groups is 1. The smallest absolute Gasteiger partial charge is 0.430 e. The van der Waals surface area contributed by atoms with Crippen LogP contribution in [0.1, 0.15) is 15.9 Å². The molecule has 4 heteroatoms. The van der Waals surface area contributed by atoms with Crippen molar-refractivity contribution < 1.29 is 9.45 Å². The predicted molar refractivity (Wildman–Crippen MR) is 107 cm³/mol. The molecule has 0 atom stereocenters. The van der Waals surface area contributed by atoms with Crippen LogP contribution in [-0.2, 0) is 11.2 Å². The Balaban J connectivity index is 1.99. The van der Waals surface area contributed by atoms with Crippen molar-refractivity contribution >= 4 is 23.8 Å². The van der Waals surface area contributed by atoms with Crippen molar-refractivity contribution in [3.63, 3.8) is 0 Å². The van der Waals surface area contributed by atoms with Gasteiger partial charge in [-0.1, -0.05) is 72.8 Å². The van der Waals surface area contributed by atoms with Crippen molar-refractivity contribution in [2.75, 3.05) is 14.1 Å². The quantitative estimate of drug-likeness (QED) is 0.645. The average molecular weight is 343 g/mol. The van der Waals surface area contributed by atoms with Gasteiger partial charge in [-0.3, -0.25) is 0 Å². The minimum atomic E-state index is -0.444. The van der Waals surface area contributed by atoms with Gasteiger partial charge in [-0.05, 0) is 42.7 Å². The van der Waals surface area contributed by atoms with E-state index in [9.17, 15) is 4.79 Å². The summed E-state index contributed by atoms with van der Waals surface area (Å²) in [6.07, 6.45) is 0. The third kappa shape index (κ3) is 4.41. The van der Waals surface area contributed by atoms with Gasteiger partial charge in [0.05, 0.1) is 5.56 Å². The van der Waals surface area contributed by atoms with Crippen LogP contribution in [0.2, 0.25) is 0 Å². The highest BCUT2D eigenvalue weighted by molar-refractivity contribution is 6.81. The Morgan fingerprint density at radius 2 is 1.42 bits per heavy atom. The van der Waals surface area contributed by atoms with Gasteiger partial charge in [-0.25, -0.2) is 4.79 Å². The topological polar surface area (TPSA) is 29.5 Å². The Kier molecular flexibility index (Phi) is 5.87. The zero-order valence-electron chi connectivity index (χ0n) is 15.1. The van der Waals surface area contributed by atoms with Crippen molar-refractivity contribution in [2.24, 2.45) is 0 Å². The normalized spacial score (nSPS) is 10.6. The fraction of sp³-hybridized carbons (Fsp3) is 0.136. The monoisotopic (exact) mass is 343 g/mol. The van der Waals surface area contributed by atoms with Gasteiger partial charge < -0.3 is 9.55 Å². The highest BCUT2D eigenvalue weighted by atomic mass is 16.5. The molecule has 0 aliphatic rings. The van der Waals surface area contributed by atoms with Gasteiger partial charge in [0.25, 0.3) is 0 Å². The van der Waals surface area contributed by atoms with E-state index in [1.165, 1.54) is 0 Å². The summed E-state index contributed by atoms with van der Waals surface area (Å²) in [7, 11) is 4.06. The Labute approximate surface area is 155 Å². The third-order valence-electron chi connectivity index (χ3n) is 4.16. The summed E-state index contributed by atoms with van der Waals surface area (Å²) in [5.74, 6) is -0.320. The maximum atomic E-state index is 12.7. The number of hydrogen-bond acceptors (Lipinski definition) is 3. The lowest BCUT2D eigenvalue weighted by molar-refractivity contribution is 0.0739. The highest BCUT2D eigenvalue weighted by Gasteiger charge is 2.28. The molecule has 0 aliphatic carbocycles. The Morgan fingerprint density at radius 3 is 2.08 bits per heavy atom. The highest BCUT2D eigenvalue weighted by Crippen LogP contribution is 2.07. The molecule has 3 aromatic rings. The van der Waals surface area contributed by atoms with Gasteiger partial charge in [-0.15, -0.1) is 0 Å². The van der Waals surface area contributed by atoms with Crippen LogP contribution in [-0.4, -0.2) is 31.9 Å². The molecule has 3 nitrogen and oxygen atoms in total. The Bertz CT molecular complexity index is 850. The summed E-state index contributed by atoms with van der Waals surface area (Å²) in [6.45, 7) is 0.336. The van der Waals surface area contributed by atoms with Gasteiger partial charge in [-0.2, -0.15) is 0 Å². The first-order chi connectivity index (χ1) is 12.6. The van der Waals surface area contributed by atoms with Crippen LogP contribution in [0.3, 0.4) is 0 Å². The van der Waals surface area contributed by atoms with Crippen LogP contribution in [0.4, 0.5) is 0 Å². The zero-order valence-corrected chi connectivity index (χ0v) is 15.1. The lowest BCUT2D eigenvalue weighted by Crippen LogP contribution is -2.48. The second-order valence-electron chi connectivity index (χ2n) is 6.50. The first-order valence-electron chi connectivity index (χ1n) is 8.68. The van der Waals surface area contributed by atoms with Crippen LogP contribution in [0, 0.1) is 0 Å². The maximum absolute atomic E-state index is 12.7. The van der Waals surface area contributed by atoms with E-state index in [1.54, 1.807) is 12.1 Å². The van der Waals surface area contributed by atoms with Crippen LogP contribution in [0.25, 0.3) is 0 Å². The average Bonchev–Trinajstić information content (AvgIpc) is 2.67. The summed E-state index contributed by atoms with van der Waals surface area (Å²) >= 11 is 0. The number of benzene rings is 3. The molecule has 130 valence electrons. The van der Waals surface area contributed by atoms with Crippen molar-refractivity contribution in [1.29, 1.82) is 0 Å². The van der Waals surface area contributed by atoms with Crippen LogP contribution in [0.15, 0.2) is 84.9 Å². The fourth-order valence-electron chi connectivity index (χ4n) is 2.96. The molecule has 0 saturated heterocycles. The van der Waals surface area contributed by atoms with E-state index in [0.717, 1.165) is 23.0 Å². The van der Waals surface area contributed by atoms with Crippen molar-refractivity contribution in [3.8, 4) is 0 Å². The largest absolute Gasteiger partial charge is 0.522 e. The first-order valence-corrected chi connectivity index (χ1v) is 8.68. The van der Waals surface area contributed by atoms with E-state index in [0.29, 0.717) is 5.56 Å². The van der Waals surface area contributed by atoms with E-state index in [2.05, 4.69) is 11.0 Å². The number of carbonyl (C=O) groups excluding carboxylic acids is 1. The molecule has 0 spiro atoms. The maximum Gasteiger partial charge on any atom is 0.430 e. The van der Waals surface area contributed by atoms with Gasteiger partial charge in [0.15, 0.2) is 0 Å². The molecular formula is C22H22BNO2. The van der Waals surface area contributed by atoms with E-state index in [1.807, 2.05) is 80.8 Å². The number of rotatable bonds is 6. The lowest BCUT2D eigenvalue weighted by atomic mass is 9.54. The molecule has 26 heavy (non-hydrogen) atoms. The molecule has 0 radical (unpaired) electrons. The summed E-state index contributed by atoms with van der Waals surface area (Å²) in [6, 6.07) is 27.1. The summed E-state index contributed by atoms with van der Waals surface area (Å²) in [5, 5.41) is 0. The first kappa shape index (κ1) is 18.0. The number of nitrogens with zero attached hydrogens (tertiary/aromatic N) is 1. The minimum Gasteiger partial charge on any atom is -0.522 e. The second kappa shape index (κ2) is 8.50. The minimum absolute atomic E-state index is 0.320. The summed E-state index contributed by atoms with van der Waals surface area (Å²) < 4.78 is 5.97. The molecule has 0 aromatic heterocycles. The molecule has 0 unspecified atom stereocenters. The predicted octanol–water partition coefficient (Wildman–Crippen LogP) is 2.71. The third-order valence-corrected chi connectivity index (χ3v) is 4.16. The molecule has 0 bridgehead atoms. The van der Waals surface area contributed by atoms with Crippen LogP contribution in [0.5, 0.6) is 0 Å². The summed E-state index contributed by atoms with van der Waals surface area (Å²) in [4.78, 5) is 14.8. The molecule has 0 fully saturated rings. The number of hydrogen-bond donors (Lipinski definition) is 0. The van der Waals surface area contributed by atoms with E-state index in [-0.39, 0.29) is 5.97 Å². The zero-order chi connectivity index (χ0) is 18.4. The van der Waals surface area contributed by atoms with Crippen LogP contribution < -0.4 is 10.9 Å². The van der Waals surface area contributed by atoms with Crippen molar-refractivity contribution in [1.82, 2.24) is 4.90 Å². The molecular weight excluding hydrogens is 321 g/mol. The molecule has 0 amide bonds. The standard InChI is InChI=1S/C22H22BNO2/c1-24(2)17-19-13-9-10-16-21(19)23(20-14-7-4-8-15-20)26-22(25)18-11-5-3-6-12-18/h3-16H,17H2,1-2H3. The molecule has 0 N–H and O–H groups in total. The molecule has 0 heterocycles. The van der Waals surface area contributed by atoms with E-state index < -0.39 is 6.92 Å². The molecule has 0 saturated carbocycles. The van der Waals surface area contributed by atoms with Crippen molar-refractivity contribution in [2.45, 2.75) is 6.54 Å². The van der Waals surface area contributed by atoms with Gasteiger partial charge in [0, 0.05) is 6.54 Å². The lowest BCUT2D eigenvalue weighted by Gasteiger charge is -2.20. The van der Waals surface area contributed by atoms with Gasteiger partial charge in [0.2, 0.25) is 0 Å². The summed E-state index contributed by atoms with van der Waals surface area (Å²) in [5.41, 5.74) is 3.67. The van der Waals surface area contributed by atoms with Crippen molar-refractivity contribution in [3.05, 3.63) is 96.1 Å². The molecule has 3 rings (SSSR count). The Hall–Kier alpha value is -2.85. The second-order valence-corrected chi connectivity index (χ2v) is 6.50. The van der Waals surface area contributed by atoms with Gasteiger partial charge >= 0.3 is 12.9 Å². The van der Waals surface area contributed by atoms with Gasteiger partial charge in [0.1, 0.15) is 0 Å². The molecule has 0 aliphatic heterocycles. The van der Waals surface area contributed by atoms with Crippen LogP contribution >= 0.6 is 0 Å². The SMILES string of the molecule is CN(C)Cc1ccccc1B(OC(=O)c1ccccc1)c1ccccc1. The Morgan fingerprint density at radius 1 is 0.846 bits per heavy atom. The molecule has 3 aromatic carbocycles. The fourth-order valence-corrected chi connectivity index (χ4v) is 2.96. The van der Waals surface area contributed by atoms with E-state index in [4.69, 9.17) is 4.65 Å².